The Morgan fingerprint density at radius 3 is 2.41 bits per heavy atom. The summed E-state index contributed by atoms with van der Waals surface area (Å²) >= 11 is 0. The van der Waals surface area contributed by atoms with Gasteiger partial charge >= 0.3 is 0 Å². The van der Waals surface area contributed by atoms with Gasteiger partial charge in [0, 0.05) is 18.0 Å². The lowest BCUT2D eigenvalue weighted by Gasteiger charge is -2.44. The average Bonchev–Trinajstić information content (AvgIpc) is 3.01. The standard InChI is InChI=1S/C14H25N3/c1-2-3-8-13(16-15)14(9-4-5-10-14)17-11-6-7-12-17/h1,13,16H,3-12,15H2. The van der Waals surface area contributed by atoms with Crippen LogP contribution in [0.3, 0.4) is 0 Å². The van der Waals surface area contributed by atoms with E-state index in [0.717, 1.165) is 12.8 Å². The summed E-state index contributed by atoms with van der Waals surface area (Å²) in [6.07, 6.45) is 15.1. The molecular formula is C14H25N3. The minimum absolute atomic E-state index is 0.294. The first kappa shape index (κ1) is 12.9. The molecule has 0 spiro atoms. The van der Waals surface area contributed by atoms with Gasteiger partial charge in [-0.1, -0.05) is 12.8 Å². The van der Waals surface area contributed by atoms with E-state index in [0.29, 0.717) is 11.6 Å². The van der Waals surface area contributed by atoms with Crippen LogP contribution in [-0.4, -0.2) is 29.6 Å². The van der Waals surface area contributed by atoms with E-state index in [-0.39, 0.29) is 0 Å². The van der Waals surface area contributed by atoms with Crippen molar-refractivity contribution in [3.05, 3.63) is 0 Å². The minimum atomic E-state index is 0.294. The molecule has 1 heterocycles. The lowest BCUT2D eigenvalue weighted by atomic mass is 9.84. The summed E-state index contributed by atoms with van der Waals surface area (Å²) in [5.74, 6) is 8.55. The molecule has 0 radical (unpaired) electrons. The van der Waals surface area contributed by atoms with Crippen molar-refractivity contribution in [2.75, 3.05) is 13.1 Å². The summed E-state index contributed by atoms with van der Waals surface area (Å²) in [4.78, 5) is 2.68. The van der Waals surface area contributed by atoms with Crippen LogP contribution in [0.25, 0.3) is 0 Å². The molecular weight excluding hydrogens is 210 g/mol. The summed E-state index contributed by atoms with van der Waals surface area (Å²) in [6, 6.07) is 0.360. The molecule has 0 bridgehead atoms. The van der Waals surface area contributed by atoms with E-state index >= 15 is 0 Å². The molecule has 3 N–H and O–H groups in total. The van der Waals surface area contributed by atoms with Crippen LogP contribution in [-0.2, 0) is 0 Å². The highest BCUT2D eigenvalue weighted by atomic mass is 15.3. The summed E-state index contributed by atoms with van der Waals surface area (Å²) in [7, 11) is 0. The second-order valence-electron chi connectivity index (χ2n) is 5.47. The summed E-state index contributed by atoms with van der Waals surface area (Å²) in [5, 5.41) is 0. The summed E-state index contributed by atoms with van der Waals surface area (Å²) in [6.45, 7) is 2.49. The maximum Gasteiger partial charge on any atom is 0.0403 e. The van der Waals surface area contributed by atoms with Crippen LogP contribution < -0.4 is 11.3 Å². The normalized spacial score (nSPS) is 25.9. The van der Waals surface area contributed by atoms with E-state index in [2.05, 4.69) is 16.2 Å². The van der Waals surface area contributed by atoms with Crippen molar-refractivity contribution in [1.82, 2.24) is 10.3 Å². The second-order valence-corrected chi connectivity index (χ2v) is 5.47. The average molecular weight is 235 g/mol. The van der Waals surface area contributed by atoms with Gasteiger partial charge in [-0.15, -0.1) is 12.3 Å². The molecule has 0 aromatic rings. The Balaban J connectivity index is 2.10. The van der Waals surface area contributed by atoms with Crippen molar-refractivity contribution >= 4 is 0 Å². The lowest BCUT2D eigenvalue weighted by Crippen LogP contribution is -2.60. The predicted octanol–water partition coefficient (Wildman–Crippen LogP) is 1.64. The molecule has 2 rings (SSSR count). The largest absolute Gasteiger partial charge is 0.296 e. The monoisotopic (exact) mass is 235 g/mol. The van der Waals surface area contributed by atoms with Crippen molar-refractivity contribution in [3.63, 3.8) is 0 Å². The number of nitrogens with two attached hydrogens (primary N) is 1. The zero-order valence-electron chi connectivity index (χ0n) is 10.8. The maximum absolute atomic E-state index is 5.80. The lowest BCUT2D eigenvalue weighted by molar-refractivity contribution is 0.0736. The summed E-state index contributed by atoms with van der Waals surface area (Å²) < 4.78 is 0. The van der Waals surface area contributed by atoms with Crippen molar-refractivity contribution in [1.29, 1.82) is 0 Å². The van der Waals surface area contributed by atoms with Gasteiger partial charge in [0.2, 0.25) is 0 Å². The molecule has 0 aromatic heterocycles. The molecule has 1 atom stereocenters. The first-order chi connectivity index (χ1) is 8.33. The van der Waals surface area contributed by atoms with Crippen molar-refractivity contribution in [2.24, 2.45) is 5.84 Å². The highest BCUT2D eigenvalue weighted by Crippen LogP contribution is 2.41. The Morgan fingerprint density at radius 2 is 1.88 bits per heavy atom. The highest BCUT2D eigenvalue weighted by molar-refractivity contribution is 5.05. The molecule has 0 aromatic carbocycles. The number of nitrogens with zero attached hydrogens (tertiary/aromatic N) is 1. The Bertz CT molecular complexity index is 270. The number of hydrogen-bond donors (Lipinski definition) is 2. The van der Waals surface area contributed by atoms with Crippen molar-refractivity contribution in [3.8, 4) is 12.3 Å². The molecule has 1 aliphatic heterocycles. The van der Waals surface area contributed by atoms with Crippen LogP contribution in [0.1, 0.15) is 51.4 Å². The highest BCUT2D eigenvalue weighted by Gasteiger charge is 2.45. The number of rotatable bonds is 5. The van der Waals surface area contributed by atoms with Gasteiger partial charge in [-0.3, -0.25) is 16.2 Å². The van der Waals surface area contributed by atoms with Crippen molar-refractivity contribution < 1.29 is 0 Å². The molecule has 1 saturated carbocycles. The van der Waals surface area contributed by atoms with Crippen LogP contribution in [0.15, 0.2) is 0 Å². The third-order valence-corrected chi connectivity index (χ3v) is 4.63. The zero-order valence-corrected chi connectivity index (χ0v) is 10.8. The Hall–Kier alpha value is -0.560. The van der Waals surface area contributed by atoms with E-state index in [1.165, 1.54) is 51.6 Å². The third kappa shape index (κ3) is 2.49. The van der Waals surface area contributed by atoms with E-state index in [1.54, 1.807) is 0 Å². The molecule has 3 nitrogen and oxygen atoms in total. The molecule has 1 unspecified atom stereocenters. The van der Waals surface area contributed by atoms with E-state index in [4.69, 9.17) is 12.3 Å². The van der Waals surface area contributed by atoms with Crippen LogP contribution in [0.2, 0.25) is 0 Å². The van der Waals surface area contributed by atoms with Gasteiger partial charge in [0.1, 0.15) is 0 Å². The first-order valence-electron chi connectivity index (χ1n) is 6.98. The second kappa shape index (κ2) is 5.86. The van der Waals surface area contributed by atoms with Gasteiger partial charge in [0.15, 0.2) is 0 Å². The zero-order chi connectivity index (χ0) is 12.1. The number of nitrogens with one attached hydrogen (secondary N) is 1. The van der Waals surface area contributed by atoms with E-state index in [1.807, 2.05) is 0 Å². The fourth-order valence-electron chi connectivity index (χ4n) is 3.77. The predicted molar refractivity (Wildman–Crippen MR) is 71.2 cm³/mol. The Kier molecular flexibility index (Phi) is 4.44. The number of hydrazine groups is 1. The van der Waals surface area contributed by atoms with E-state index < -0.39 is 0 Å². The van der Waals surface area contributed by atoms with Gasteiger partial charge in [-0.05, 0) is 45.2 Å². The SMILES string of the molecule is C#CCCC(NN)C1(N2CCCC2)CCCC1. The molecule has 17 heavy (non-hydrogen) atoms. The molecule has 1 saturated heterocycles. The fraction of sp³-hybridized carbons (Fsp3) is 0.857. The first-order valence-corrected chi connectivity index (χ1v) is 6.98. The van der Waals surface area contributed by atoms with E-state index in [9.17, 15) is 0 Å². The van der Waals surface area contributed by atoms with Gasteiger partial charge < -0.3 is 0 Å². The fourth-order valence-corrected chi connectivity index (χ4v) is 3.77. The summed E-state index contributed by atoms with van der Waals surface area (Å²) in [5.41, 5.74) is 3.35. The molecule has 2 fully saturated rings. The quantitative estimate of drug-likeness (QED) is 0.432. The minimum Gasteiger partial charge on any atom is -0.296 e. The number of hydrogen-bond acceptors (Lipinski definition) is 3. The van der Waals surface area contributed by atoms with Crippen LogP contribution >= 0.6 is 0 Å². The molecule has 2 aliphatic rings. The number of likely N-dealkylation sites (tertiary alicyclic amines) is 1. The van der Waals surface area contributed by atoms with Crippen molar-refractivity contribution in [2.45, 2.75) is 62.9 Å². The molecule has 96 valence electrons. The van der Waals surface area contributed by atoms with Crippen LogP contribution in [0, 0.1) is 12.3 Å². The molecule has 1 aliphatic carbocycles. The van der Waals surface area contributed by atoms with Crippen LogP contribution in [0.5, 0.6) is 0 Å². The Morgan fingerprint density at radius 1 is 1.24 bits per heavy atom. The van der Waals surface area contributed by atoms with Crippen LogP contribution in [0.4, 0.5) is 0 Å². The molecule has 3 heteroatoms. The van der Waals surface area contributed by atoms with Gasteiger partial charge in [-0.25, -0.2) is 0 Å². The Labute approximate surface area is 105 Å². The maximum atomic E-state index is 5.80. The third-order valence-electron chi connectivity index (χ3n) is 4.63. The molecule has 0 amide bonds. The number of terminal acetylenes is 1. The van der Waals surface area contributed by atoms with Gasteiger partial charge in [0.25, 0.3) is 0 Å². The smallest absolute Gasteiger partial charge is 0.0403 e. The topological polar surface area (TPSA) is 41.3 Å². The van der Waals surface area contributed by atoms with Gasteiger partial charge in [-0.2, -0.15) is 0 Å². The van der Waals surface area contributed by atoms with Gasteiger partial charge in [0.05, 0.1) is 0 Å².